The molecule has 9 nitrogen and oxygen atoms in total. The van der Waals surface area contributed by atoms with Crippen molar-refractivity contribution in [2.75, 3.05) is 0 Å². The Bertz CT molecular complexity index is 585. The van der Waals surface area contributed by atoms with Gasteiger partial charge in [0.25, 0.3) is 11.6 Å². The van der Waals surface area contributed by atoms with E-state index < -0.39 is 35.2 Å². The Labute approximate surface area is 118 Å². The van der Waals surface area contributed by atoms with Crippen molar-refractivity contribution in [2.45, 2.75) is 18.9 Å². The highest BCUT2D eigenvalue weighted by Crippen LogP contribution is 2.13. The SMILES string of the molecule is O=C(O)CCC(NC(=O)c1cccc([N+](=O)[O-])c1)C(=O)O. The summed E-state index contributed by atoms with van der Waals surface area (Å²) < 4.78 is 0. The number of amides is 1. The van der Waals surface area contributed by atoms with Crippen LogP contribution < -0.4 is 5.32 Å². The fourth-order valence-corrected chi connectivity index (χ4v) is 1.53. The Hall–Kier alpha value is -2.97. The van der Waals surface area contributed by atoms with E-state index in [9.17, 15) is 24.5 Å². The molecule has 0 aromatic heterocycles. The molecule has 0 bridgehead atoms. The van der Waals surface area contributed by atoms with Crippen molar-refractivity contribution in [2.24, 2.45) is 0 Å². The number of non-ortho nitro benzene ring substituents is 1. The Balaban J connectivity index is 2.82. The van der Waals surface area contributed by atoms with Crippen LogP contribution in [0.5, 0.6) is 0 Å². The molecule has 0 fully saturated rings. The van der Waals surface area contributed by atoms with Gasteiger partial charge in [-0.15, -0.1) is 0 Å². The number of carboxylic acids is 2. The minimum Gasteiger partial charge on any atom is -0.481 e. The smallest absolute Gasteiger partial charge is 0.326 e. The van der Waals surface area contributed by atoms with E-state index in [0.29, 0.717) is 0 Å². The van der Waals surface area contributed by atoms with Crippen LogP contribution in [-0.2, 0) is 9.59 Å². The van der Waals surface area contributed by atoms with Gasteiger partial charge in [-0.2, -0.15) is 0 Å². The lowest BCUT2D eigenvalue weighted by molar-refractivity contribution is -0.384. The van der Waals surface area contributed by atoms with Gasteiger partial charge in [0.15, 0.2) is 0 Å². The molecule has 1 unspecified atom stereocenters. The first kappa shape index (κ1) is 16.1. The van der Waals surface area contributed by atoms with Crippen LogP contribution in [0.1, 0.15) is 23.2 Å². The molecule has 0 spiro atoms. The predicted octanol–water partition coefficient (Wildman–Crippen LogP) is 0.643. The zero-order valence-corrected chi connectivity index (χ0v) is 10.7. The Morgan fingerprint density at radius 1 is 1.29 bits per heavy atom. The first-order valence-corrected chi connectivity index (χ1v) is 5.81. The molecule has 1 aromatic carbocycles. The van der Waals surface area contributed by atoms with Gasteiger partial charge in [-0.1, -0.05) is 6.07 Å². The molecule has 0 aliphatic heterocycles. The lowest BCUT2D eigenvalue weighted by atomic mass is 10.1. The van der Waals surface area contributed by atoms with Gasteiger partial charge < -0.3 is 15.5 Å². The number of carboxylic acid groups (broad SMARTS) is 2. The number of aliphatic carboxylic acids is 2. The molecule has 0 aliphatic carbocycles. The van der Waals surface area contributed by atoms with E-state index in [2.05, 4.69) is 5.32 Å². The van der Waals surface area contributed by atoms with E-state index in [0.717, 1.165) is 6.07 Å². The molecule has 112 valence electrons. The molecule has 0 saturated heterocycles. The average molecular weight is 296 g/mol. The maximum absolute atomic E-state index is 11.8. The average Bonchev–Trinajstić information content (AvgIpc) is 2.42. The number of nitro benzene ring substituents is 1. The molecule has 9 heteroatoms. The van der Waals surface area contributed by atoms with Crippen molar-refractivity contribution in [1.29, 1.82) is 0 Å². The lowest BCUT2D eigenvalue weighted by Crippen LogP contribution is -2.41. The van der Waals surface area contributed by atoms with Crippen molar-refractivity contribution in [1.82, 2.24) is 5.32 Å². The summed E-state index contributed by atoms with van der Waals surface area (Å²) in [5.74, 6) is -3.39. The number of nitrogens with zero attached hydrogens (tertiary/aromatic N) is 1. The molecule has 0 aliphatic rings. The fourth-order valence-electron chi connectivity index (χ4n) is 1.53. The van der Waals surface area contributed by atoms with Gasteiger partial charge >= 0.3 is 11.9 Å². The molecule has 0 heterocycles. The van der Waals surface area contributed by atoms with Crippen molar-refractivity contribution in [3.05, 3.63) is 39.9 Å². The molecule has 0 radical (unpaired) electrons. The largest absolute Gasteiger partial charge is 0.481 e. The van der Waals surface area contributed by atoms with Gasteiger partial charge in [0.1, 0.15) is 6.04 Å². The van der Waals surface area contributed by atoms with E-state index in [4.69, 9.17) is 10.2 Å². The van der Waals surface area contributed by atoms with Gasteiger partial charge in [0.05, 0.1) is 4.92 Å². The van der Waals surface area contributed by atoms with E-state index in [1.807, 2.05) is 0 Å². The summed E-state index contributed by atoms with van der Waals surface area (Å²) >= 11 is 0. The first-order chi connectivity index (χ1) is 9.81. The zero-order chi connectivity index (χ0) is 16.0. The summed E-state index contributed by atoms with van der Waals surface area (Å²) in [7, 11) is 0. The predicted molar refractivity (Wildman–Crippen MR) is 68.9 cm³/mol. The highest BCUT2D eigenvalue weighted by atomic mass is 16.6. The third-order valence-corrected chi connectivity index (χ3v) is 2.57. The quantitative estimate of drug-likeness (QED) is 0.494. The summed E-state index contributed by atoms with van der Waals surface area (Å²) in [6.45, 7) is 0. The summed E-state index contributed by atoms with van der Waals surface area (Å²) in [5.41, 5.74) is -0.383. The van der Waals surface area contributed by atoms with Crippen LogP contribution >= 0.6 is 0 Å². The van der Waals surface area contributed by atoms with Gasteiger partial charge in [-0.05, 0) is 12.5 Å². The summed E-state index contributed by atoms with van der Waals surface area (Å²) in [6, 6.07) is 3.40. The van der Waals surface area contributed by atoms with Crippen LogP contribution in [0.3, 0.4) is 0 Å². The summed E-state index contributed by atoms with van der Waals surface area (Å²) in [5, 5.41) is 30.1. The van der Waals surface area contributed by atoms with E-state index >= 15 is 0 Å². The standard InChI is InChI=1S/C12H12N2O7/c15-10(16)5-4-9(12(18)19)13-11(17)7-2-1-3-8(6-7)14(20)21/h1-3,6,9H,4-5H2,(H,13,17)(H,15,16)(H,18,19). The van der Waals surface area contributed by atoms with Crippen LogP contribution in [0, 0.1) is 10.1 Å². The number of nitro groups is 1. The molecule has 21 heavy (non-hydrogen) atoms. The normalized spacial score (nSPS) is 11.4. The van der Waals surface area contributed by atoms with Crippen LogP contribution in [0.25, 0.3) is 0 Å². The highest BCUT2D eigenvalue weighted by Gasteiger charge is 2.22. The van der Waals surface area contributed by atoms with Crippen LogP contribution in [0.2, 0.25) is 0 Å². The van der Waals surface area contributed by atoms with E-state index in [-0.39, 0.29) is 17.7 Å². The zero-order valence-electron chi connectivity index (χ0n) is 10.7. The Morgan fingerprint density at radius 2 is 1.95 bits per heavy atom. The van der Waals surface area contributed by atoms with Crippen LogP contribution in [0.15, 0.2) is 24.3 Å². The Kier molecular flexibility index (Phi) is 5.35. The number of carbonyl (C=O) groups excluding carboxylic acids is 1. The molecule has 1 rings (SSSR count). The topological polar surface area (TPSA) is 147 Å². The van der Waals surface area contributed by atoms with E-state index in [1.54, 1.807) is 0 Å². The number of rotatable bonds is 7. The second kappa shape index (κ2) is 6.98. The maximum Gasteiger partial charge on any atom is 0.326 e. The number of hydrogen-bond acceptors (Lipinski definition) is 5. The minimum absolute atomic E-state index is 0.0780. The minimum atomic E-state index is -1.38. The van der Waals surface area contributed by atoms with Crippen LogP contribution in [-0.4, -0.2) is 39.0 Å². The molecule has 3 N–H and O–H groups in total. The number of carbonyl (C=O) groups is 3. The molecular weight excluding hydrogens is 284 g/mol. The van der Waals surface area contributed by atoms with Crippen LogP contribution in [0.4, 0.5) is 5.69 Å². The fraction of sp³-hybridized carbons (Fsp3) is 0.250. The summed E-state index contributed by atoms with van der Waals surface area (Å²) in [4.78, 5) is 43.1. The van der Waals surface area contributed by atoms with Gasteiger partial charge in [0.2, 0.25) is 0 Å². The monoisotopic (exact) mass is 296 g/mol. The Morgan fingerprint density at radius 3 is 2.48 bits per heavy atom. The van der Waals surface area contributed by atoms with Crippen molar-refractivity contribution >= 4 is 23.5 Å². The van der Waals surface area contributed by atoms with Gasteiger partial charge in [-0.3, -0.25) is 19.7 Å². The van der Waals surface area contributed by atoms with Gasteiger partial charge in [0, 0.05) is 24.1 Å². The number of nitrogens with one attached hydrogen (secondary N) is 1. The van der Waals surface area contributed by atoms with Gasteiger partial charge in [-0.25, -0.2) is 4.79 Å². The van der Waals surface area contributed by atoms with Crippen molar-refractivity contribution < 1.29 is 29.5 Å². The molecule has 1 aromatic rings. The van der Waals surface area contributed by atoms with E-state index in [1.165, 1.54) is 18.2 Å². The second-order valence-corrected chi connectivity index (χ2v) is 4.10. The number of benzene rings is 1. The van der Waals surface area contributed by atoms with Crippen molar-refractivity contribution in [3.63, 3.8) is 0 Å². The molecule has 0 saturated carbocycles. The lowest BCUT2D eigenvalue weighted by Gasteiger charge is -2.13. The molecule has 1 atom stereocenters. The second-order valence-electron chi connectivity index (χ2n) is 4.10. The first-order valence-electron chi connectivity index (χ1n) is 5.81. The number of hydrogen-bond donors (Lipinski definition) is 3. The summed E-state index contributed by atoms with van der Waals surface area (Å²) in [6.07, 6.45) is -0.711. The van der Waals surface area contributed by atoms with Crippen molar-refractivity contribution in [3.8, 4) is 0 Å². The molecular formula is C12H12N2O7. The molecule has 1 amide bonds. The third kappa shape index (κ3) is 4.90. The maximum atomic E-state index is 11.8. The highest BCUT2D eigenvalue weighted by molar-refractivity contribution is 5.97. The third-order valence-electron chi connectivity index (χ3n) is 2.57.